The molecule has 0 radical (unpaired) electrons. The third kappa shape index (κ3) is 6.68. The number of nitrogens with zero attached hydrogens (tertiary/aromatic N) is 2. The maximum absolute atomic E-state index is 13.7. The lowest BCUT2D eigenvalue weighted by Gasteiger charge is -2.30. The SMILES string of the molecule is COc1ccc(C(C)C)cc1-c1ccc(C(F)(F)F)cc1C(C)N(Cc1cc(C#N)cc(C(F)(F)F)c1)C(=O)O. The van der Waals surface area contributed by atoms with E-state index in [1.165, 1.54) is 20.1 Å². The Kier molecular flexibility index (Phi) is 8.72. The molecule has 0 fully saturated rings. The van der Waals surface area contributed by atoms with Crippen molar-refractivity contribution in [3.05, 3.63) is 88.0 Å². The summed E-state index contributed by atoms with van der Waals surface area (Å²) >= 11 is 0. The van der Waals surface area contributed by atoms with Crippen LogP contribution < -0.4 is 4.74 Å². The highest BCUT2D eigenvalue weighted by atomic mass is 19.4. The molecule has 0 aromatic heterocycles. The van der Waals surface area contributed by atoms with Gasteiger partial charge in [0, 0.05) is 12.1 Å². The van der Waals surface area contributed by atoms with Crippen LogP contribution >= 0.6 is 0 Å². The predicted octanol–water partition coefficient (Wildman–Crippen LogP) is 8.64. The number of hydrogen-bond acceptors (Lipinski definition) is 3. The molecular formula is C29H26F6N2O3. The van der Waals surface area contributed by atoms with Gasteiger partial charge in [-0.1, -0.05) is 26.0 Å². The zero-order chi connectivity index (χ0) is 30.0. The fraction of sp³-hybridized carbons (Fsp3) is 0.310. The van der Waals surface area contributed by atoms with Gasteiger partial charge in [0.25, 0.3) is 0 Å². The first-order valence-electron chi connectivity index (χ1n) is 12.1. The Hall–Kier alpha value is -4.20. The molecule has 40 heavy (non-hydrogen) atoms. The van der Waals surface area contributed by atoms with Crippen molar-refractivity contribution in [3.8, 4) is 22.9 Å². The van der Waals surface area contributed by atoms with E-state index < -0.39 is 42.2 Å². The normalized spacial score (nSPS) is 12.7. The summed E-state index contributed by atoms with van der Waals surface area (Å²) in [6.45, 7) is 4.59. The number of carbonyl (C=O) groups is 1. The number of hydrogen-bond donors (Lipinski definition) is 1. The molecule has 0 saturated heterocycles. The van der Waals surface area contributed by atoms with Gasteiger partial charge in [0.2, 0.25) is 0 Å². The van der Waals surface area contributed by atoms with Gasteiger partial charge in [0.05, 0.1) is 35.9 Å². The van der Waals surface area contributed by atoms with E-state index in [1.54, 1.807) is 18.2 Å². The summed E-state index contributed by atoms with van der Waals surface area (Å²) in [6, 6.07) is 11.0. The second-order valence-electron chi connectivity index (χ2n) is 9.53. The number of benzene rings is 3. The zero-order valence-corrected chi connectivity index (χ0v) is 22.0. The number of halogens is 6. The highest BCUT2D eigenvalue weighted by Gasteiger charge is 2.34. The van der Waals surface area contributed by atoms with E-state index in [2.05, 4.69) is 0 Å². The summed E-state index contributed by atoms with van der Waals surface area (Å²) in [5.41, 5.74) is -1.11. The first-order chi connectivity index (χ1) is 18.6. The van der Waals surface area contributed by atoms with Crippen molar-refractivity contribution in [1.29, 1.82) is 5.26 Å². The van der Waals surface area contributed by atoms with Crippen molar-refractivity contribution >= 4 is 6.09 Å². The van der Waals surface area contributed by atoms with Crippen LogP contribution in [0.2, 0.25) is 0 Å². The summed E-state index contributed by atoms with van der Waals surface area (Å²) < 4.78 is 86.9. The summed E-state index contributed by atoms with van der Waals surface area (Å²) in [4.78, 5) is 13.1. The van der Waals surface area contributed by atoms with Gasteiger partial charge in [-0.15, -0.1) is 0 Å². The van der Waals surface area contributed by atoms with Gasteiger partial charge >= 0.3 is 18.4 Å². The monoisotopic (exact) mass is 564 g/mol. The van der Waals surface area contributed by atoms with E-state index in [0.29, 0.717) is 23.4 Å². The molecular weight excluding hydrogens is 538 g/mol. The summed E-state index contributed by atoms with van der Waals surface area (Å²) in [6.07, 6.45) is -11.1. The number of methoxy groups -OCH3 is 1. The second-order valence-corrected chi connectivity index (χ2v) is 9.53. The molecule has 1 amide bonds. The van der Waals surface area contributed by atoms with Crippen LogP contribution in [0.4, 0.5) is 31.1 Å². The summed E-state index contributed by atoms with van der Waals surface area (Å²) in [5, 5.41) is 19.2. The van der Waals surface area contributed by atoms with Gasteiger partial charge in [0.15, 0.2) is 0 Å². The molecule has 3 aromatic carbocycles. The van der Waals surface area contributed by atoms with Crippen LogP contribution in [0.1, 0.15) is 66.1 Å². The number of amides is 1. The minimum absolute atomic E-state index is 0.0242. The molecule has 1 N–H and O–H groups in total. The average Bonchev–Trinajstić information content (AvgIpc) is 2.89. The molecule has 0 heterocycles. The topological polar surface area (TPSA) is 73.6 Å². The Balaban J connectivity index is 2.22. The van der Waals surface area contributed by atoms with E-state index in [0.717, 1.165) is 28.7 Å². The standard InChI is InChI=1S/C29H26F6N2O3/c1-16(2)20-5-8-26(40-4)25(12-20)23-7-6-21(28(30,31)32)13-24(23)17(3)37(27(38)39)15-19-9-18(14-36)10-22(11-19)29(33,34)35/h5-13,16-17H,15H2,1-4H3,(H,38,39). The lowest BCUT2D eigenvalue weighted by Crippen LogP contribution is -2.32. The quantitative estimate of drug-likeness (QED) is 0.292. The molecule has 0 spiro atoms. The maximum Gasteiger partial charge on any atom is 0.416 e. The van der Waals surface area contributed by atoms with Crippen molar-refractivity contribution in [2.75, 3.05) is 7.11 Å². The Morgan fingerprint density at radius 2 is 1.57 bits per heavy atom. The molecule has 0 bridgehead atoms. The number of nitriles is 1. The van der Waals surface area contributed by atoms with E-state index in [-0.39, 0.29) is 28.2 Å². The third-order valence-corrected chi connectivity index (χ3v) is 6.52. The van der Waals surface area contributed by atoms with Crippen LogP contribution in [0.25, 0.3) is 11.1 Å². The van der Waals surface area contributed by atoms with Gasteiger partial charge in [0.1, 0.15) is 5.75 Å². The van der Waals surface area contributed by atoms with Crippen LogP contribution in [0.15, 0.2) is 54.6 Å². The maximum atomic E-state index is 13.7. The lowest BCUT2D eigenvalue weighted by molar-refractivity contribution is -0.138. The van der Waals surface area contributed by atoms with E-state index in [9.17, 15) is 41.5 Å². The van der Waals surface area contributed by atoms with Crippen molar-refractivity contribution in [1.82, 2.24) is 4.90 Å². The highest BCUT2D eigenvalue weighted by Crippen LogP contribution is 2.42. The van der Waals surface area contributed by atoms with E-state index in [1.807, 2.05) is 19.9 Å². The van der Waals surface area contributed by atoms with Crippen LogP contribution in [-0.4, -0.2) is 23.2 Å². The smallest absolute Gasteiger partial charge is 0.416 e. The first kappa shape index (κ1) is 30.3. The Labute approximate surface area is 227 Å². The van der Waals surface area contributed by atoms with Crippen molar-refractivity contribution in [2.24, 2.45) is 0 Å². The minimum Gasteiger partial charge on any atom is -0.496 e. The molecule has 212 valence electrons. The molecule has 3 aromatic rings. The van der Waals surface area contributed by atoms with Crippen LogP contribution in [-0.2, 0) is 18.9 Å². The van der Waals surface area contributed by atoms with Crippen LogP contribution in [0.5, 0.6) is 5.75 Å². The average molecular weight is 565 g/mol. The fourth-order valence-electron chi connectivity index (χ4n) is 4.37. The third-order valence-electron chi connectivity index (χ3n) is 6.52. The van der Waals surface area contributed by atoms with Crippen LogP contribution in [0.3, 0.4) is 0 Å². The molecule has 0 aliphatic rings. The van der Waals surface area contributed by atoms with Crippen molar-refractivity contribution < 1.29 is 41.0 Å². The van der Waals surface area contributed by atoms with Crippen LogP contribution in [0, 0.1) is 11.3 Å². The molecule has 3 rings (SSSR count). The fourth-order valence-corrected chi connectivity index (χ4v) is 4.37. The number of rotatable bonds is 7. The van der Waals surface area contributed by atoms with Gasteiger partial charge in [-0.2, -0.15) is 31.6 Å². The van der Waals surface area contributed by atoms with Gasteiger partial charge < -0.3 is 9.84 Å². The number of ether oxygens (including phenoxy) is 1. The molecule has 1 atom stereocenters. The predicted molar refractivity (Wildman–Crippen MR) is 136 cm³/mol. The van der Waals surface area contributed by atoms with Gasteiger partial charge in [-0.3, -0.25) is 4.90 Å². The molecule has 5 nitrogen and oxygen atoms in total. The number of alkyl halides is 6. The molecule has 0 saturated carbocycles. The Morgan fingerprint density at radius 3 is 2.10 bits per heavy atom. The van der Waals surface area contributed by atoms with Crippen molar-refractivity contribution in [3.63, 3.8) is 0 Å². The summed E-state index contributed by atoms with van der Waals surface area (Å²) in [5.74, 6) is 0.404. The lowest BCUT2D eigenvalue weighted by atomic mass is 9.89. The number of carboxylic acid groups (broad SMARTS) is 1. The summed E-state index contributed by atoms with van der Waals surface area (Å²) in [7, 11) is 1.39. The largest absolute Gasteiger partial charge is 0.496 e. The molecule has 0 aliphatic heterocycles. The van der Waals surface area contributed by atoms with Crippen molar-refractivity contribution in [2.45, 2.75) is 51.6 Å². The van der Waals surface area contributed by atoms with Gasteiger partial charge in [-0.05, 0) is 77.6 Å². The highest BCUT2D eigenvalue weighted by molar-refractivity contribution is 5.76. The van der Waals surface area contributed by atoms with E-state index >= 15 is 0 Å². The zero-order valence-electron chi connectivity index (χ0n) is 22.0. The molecule has 0 aliphatic carbocycles. The molecule has 11 heteroatoms. The van der Waals surface area contributed by atoms with E-state index in [4.69, 9.17) is 4.74 Å². The Bertz CT molecular complexity index is 1440. The molecule has 1 unspecified atom stereocenters. The first-order valence-corrected chi connectivity index (χ1v) is 12.1. The minimum atomic E-state index is -4.80. The second kappa shape index (κ2) is 11.5. The Morgan fingerprint density at radius 1 is 0.925 bits per heavy atom. The van der Waals surface area contributed by atoms with Gasteiger partial charge in [-0.25, -0.2) is 4.79 Å².